The first-order chi connectivity index (χ1) is 17.0. The highest BCUT2D eigenvalue weighted by Gasteiger charge is 2.38. The van der Waals surface area contributed by atoms with Gasteiger partial charge in [0.25, 0.3) is 10.0 Å². The molecule has 0 aliphatic carbocycles. The van der Waals surface area contributed by atoms with E-state index in [0.717, 1.165) is 22.4 Å². The smallest absolute Gasteiger partial charge is 0.266 e. The lowest BCUT2D eigenvalue weighted by Crippen LogP contribution is -2.42. The summed E-state index contributed by atoms with van der Waals surface area (Å²) in [5.41, 5.74) is 3.69. The molecular formula is C30H26N2O2S. The van der Waals surface area contributed by atoms with E-state index in [1.165, 1.54) is 4.31 Å². The summed E-state index contributed by atoms with van der Waals surface area (Å²) >= 11 is 0. The van der Waals surface area contributed by atoms with Gasteiger partial charge in [0.2, 0.25) is 0 Å². The van der Waals surface area contributed by atoms with E-state index >= 15 is 0 Å². The van der Waals surface area contributed by atoms with Crippen molar-refractivity contribution in [1.29, 1.82) is 0 Å². The molecule has 0 bridgehead atoms. The molecule has 0 spiro atoms. The maximum Gasteiger partial charge on any atom is 0.266 e. The Bertz CT molecular complexity index is 1450. The monoisotopic (exact) mass is 478 g/mol. The first-order valence-corrected chi connectivity index (χ1v) is 12.9. The maximum absolute atomic E-state index is 14.3. The Morgan fingerprint density at radius 2 is 1.29 bits per heavy atom. The Morgan fingerprint density at radius 1 is 0.714 bits per heavy atom. The van der Waals surface area contributed by atoms with Crippen molar-refractivity contribution in [3.8, 4) is 0 Å². The largest absolute Gasteiger partial charge is 0.303 e. The lowest BCUT2D eigenvalue weighted by Gasteiger charge is -2.41. The van der Waals surface area contributed by atoms with Gasteiger partial charge in [-0.25, -0.2) is 12.7 Å². The van der Waals surface area contributed by atoms with Gasteiger partial charge in [-0.2, -0.15) is 0 Å². The summed E-state index contributed by atoms with van der Waals surface area (Å²) in [5, 5.41) is 0. The van der Waals surface area contributed by atoms with Crippen molar-refractivity contribution in [2.75, 3.05) is 4.90 Å². The molecule has 0 saturated heterocycles. The zero-order chi connectivity index (χ0) is 24.3. The average molecular weight is 479 g/mol. The molecule has 4 aromatic carbocycles. The van der Waals surface area contributed by atoms with E-state index in [-0.39, 0.29) is 4.90 Å². The maximum atomic E-state index is 14.3. The molecule has 4 aromatic rings. The number of hydrogen-bond acceptors (Lipinski definition) is 3. The number of sulfonamides is 1. The highest BCUT2D eigenvalue weighted by atomic mass is 32.2. The second kappa shape index (κ2) is 9.65. The van der Waals surface area contributed by atoms with Crippen LogP contribution in [0.4, 0.5) is 5.69 Å². The minimum absolute atomic E-state index is 0.256. The van der Waals surface area contributed by atoms with Gasteiger partial charge in [0.05, 0.1) is 10.9 Å². The molecule has 174 valence electrons. The number of rotatable bonds is 5. The van der Waals surface area contributed by atoms with Crippen LogP contribution < -0.4 is 4.90 Å². The third kappa shape index (κ3) is 4.63. The summed E-state index contributed by atoms with van der Waals surface area (Å²) in [5.74, 6) is 0.555. The molecule has 5 rings (SSSR count). The Morgan fingerprint density at radius 3 is 1.91 bits per heavy atom. The molecule has 35 heavy (non-hydrogen) atoms. The molecule has 1 unspecified atom stereocenters. The highest BCUT2D eigenvalue weighted by Crippen LogP contribution is 2.40. The predicted octanol–water partition coefficient (Wildman–Crippen LogP) is 6.76. The first-order valence-electron chi connectivity index (χ1n) is 11.5. The quantitative estimate of drug-likeness (QED) is 0.318. The van der Waals surface area contributed by atoms with Crippen molar-refractivity contribution in [2.45, 2.75) is 17.9 Å². The van der Waals surface area contributed by atoms with E-state index < -0.39 is 16.1 Å². The second-order valence-corrected chi connectivity index (χ2v) is 10.2. The Hall–Kier alpha value is -4.09. The van der Waals surface area contributed by atoms with Crippen LogP contribution in [-0.4, -0.2) is 12.7 Å². The molecule has 1 heterocycles. The minimum atomic E-state index is -3.91. The van der Waals surface area contributed by atoms with Gasteiger partial charge in [-0.1, -0.05) is 96.6 Å². The topological polar surface area (TPSA) is 40.6 Å². The first kappa shape index (κ1) is 22.7. The van der Waals surface area contributed by atoms with Crippen molar-refractivity contribution in [2.24, 2.45) is 0 Å². The zero-order valence-corrected chi connectivity index (χ0v) is 20.2. The average Bonchev–Trinajstić information content (AvgIpc) is 2.90. The van der Waals surface area contributed by atoms with Gasteiger partial charge >= 0.3 is 0 Å². The van der Waals surface area contributed by atoms with Crippen molar-refractivity contribution in [3.05, 3.63) is 150 Å². The summed E-state index contributed by atoms with van der Waals surface area (Å²) in [4.78, 5) is 2.18. The molecule has 4 nitrogen and oxygen atoms in total. The van der Waals surface area contributed by atoms with Crippen LogP contribution in [0, 0.1) is 6.92 Å². The standard InChI is InChI=1S/C30H26N2O2S/c1-24-17-19-28(20-18-24)35(33,34)32-29(26-13-7-3-8-14-26)21-22-31(27-15-9-4-10-16-27)30(32)23-25-11-5-2-6-12-25/h2-23,29H,1H3/b30-23-. The third-order valence-corrected chi connectivity index (χ3v) is 7.79. The summed E-state index contributed by atoms with van der Waals surface area (Å²) in [6.45, 7) is 1.95. The van der Waals surface area contributed by atoms with Gasteiger partial charge in [0.15, 0.2) is 0 Å². The van der Waals surface area contributed by atoms with Crippen LogP contribution in [0.5, 0.6) is 0 Å². The highest BCUT2D eigenvalue weighted by molar-refractivity contribution is 7.89. The van der Waals surface area contributed by atoms with Crippen LogP contribution in [0.25, 0.3) is 6.08 Å². The van der Waals surface area contributed by atoms with Crippen molar-refractivity contribution >= 4 is 21.8 Å². The molecular weight excluding hydrogens is 452 g/mol. The zero-order valence-electron chi connectivity index (χ0n) is 19.4. The van der Waals surface area contributed by atoms with E-state index in [2.05, 4.69) is 0 Å². The summed E-state index contributed by atoms with van der Waals surface area (Å²) in [7, 11) is -3.91. The van der Waals surface area contributed by atoms with E-state index in [1.54, 1.807) is 12.1 Å². The number of nitrogens with zero attached hydrogens (tertiary/aromatic N) is 2. The van der Waals surface area contributed by atoms with Crippen molar-refractivity contribution in [1.82, 2.24) is 4.31 Å². The van der Waals surface area contributed by atoms with Gasteiger partial charge in [-0.05, 0) is 54.5 Å². The fraction of sp³-hybridized carbons (Fsp3) is 0.0667. The SMILES string of the molecule is Cc1ccc(S(=O)(=O)N2/C(=C\c3ccccc3)N(c3ccccc3)C=CC2c2ccccc2)cc1. The van der Waals surface area contributed by atoms with Crippen LogP contribution in [0.3, 0.4) is 0 Å². The third-order valence-electron chi connectivity index (χ3n) is 5.99. The second-order valence-electron chi connectivity index (χ2n) is 8.43. The molecule has 0 fully saturated rings. The number of anilines is 1. The normalized spacial score (nSPS) is 17.1. The van der Waals surface area contributed by atoms with Gasteiger partial charge in [0.1, 0.15) is 5.82 Å². The molecule has 1 atom stereocenters. The lowest BCUT2D eigenvalue weighted by molar-refractivity contribution is 0.419. The van der Waals surface area contributed by atoms with Crippen LogP contribution in [0.15, 0.2) is 138 Å². The van der Waals surface area contributed by atoms with Gasteiger partial charge in [-0.3, -0.25) is 0 Å². The number of aryl methyl sites for hydroxylation is 1. The molecule has 0 radical (unpaired) electrons. The minimum Gasteiger partial charge on any atom is -0.303 e. The van der Waals surface area contributed by atoms with Crippen LogP contribution >= 0.6 is 0 Å². The molecule has 5 heteroatoms. The predicted molar refractivity (Wildman–Crippen MR) is 142 cm³/mol. The Labute approximate surface area is 207 Å². The molecule has 1 aliphatic heterocycles. The van der Waals surface area contributed by atoms with Gasteiger partial charge < -0.3 is 4.90 Å². The molecule has 0 N–H and O–H groups in total. The van der Waals surface area contributed by atoms with Crippen molar-refractivity contribution < 1.29 is 8.42 Å². The Kier molecular flexibility index (Phi) is 6.25. The molecule has 0 saturated carbocycles. The molecule has 0 amide bonds. The van der Waals surface area contributed by atoms with E-state index in [0.29, 0.717) is 5.82 Å². The summed E-state index contributed by atoms with van der Waals surface area (Å²) < 4.78 is 30.1. The lowest BCUT2D eigenvalue weighted by atomic mass is 10.0. The molecule has 0 aromatic heterocycles. The van der Waals surface area contributed by atoms with E-state index in [1.807, 2.05) is 133 Å². The fourth-order valence-corrected chi connectivity index (χ4v) is 5.79. The van der Waals surface area contributed by atoms with E-state index in [9.17, 15) is 8.42 Å². The fourth-order valence-electron chi connectivity index (χ4n) is 4.20. The summed E-state index contributed by atoms with van der Waals surface area (Å²) in [6.07, 6.45) is 5.83. The van der Waals surface area contributed by atoms with Crippen molar-refractivity contribution in [3.63, 3.8) is 0 Å². The van der Waals surface area contributed by atoms with Gasteiger partial charge in [0, 0.05) is 11.9 Å². The van der Waals surface area contributed by atoms with E-state index in [4.69, 9.17) is 0 Å². The number of hydrogen-bond donors (Lipinski definition) is 0. The number of para-hydroxylation sites is 1. The summed E-state index contributed by atoms with van der Waals surface area (Å²) in [6, 6.07) is 35.9. The molecule has 1 aliphatic rings. The Balaban J connectivity index is 1.76. The van der Waals surface area contributed by atoms with Crippen LogP contribution in [-0.2, 0) is 10.0 Å². The van der Waals surface area contributed by atoms with Crippen LogP contribution in [0.1, 0.15) is 22.7 Å². The van der Waals surface area contributed by atoms with Crippen LogP contribution in [0.2, 0.25) is 0 Å². The number of benzene rings is 4. The van der Waals surface area contributed by atoms with Gasteiger partial charge in [-0.15, -0.1) is 0 Å².